The minimum Gasteiger partial charge on any atom is -0.468 e. The van der Waals surface area contributed by atoms with Crippen LogP contribution in [0.4, 0.5) is 0 Å². The molecule has 0 rings (SSSR count). The van der Waals surface area contributed by atoms with E-state index in [1.807, 2.05) is 6.26 Å². The first-order valence-corrected chi connectivity index (χ1v) is 5.30. The summed E-state index contributed by atoms with van der Waals surface area (Å²) in [5.41, 5.74) is 4.91. The summed E-state index contributed by atoms with van der Waals surface area (Å²) in [6.07, 6.45) is 3.66. The SMILES string of the molecule is COC(=O)C(C)(N)CCCSC. The molecule has 0 aromatic heterocycles. The van der Waals surface area contributed by atoms with Crippen LogP contribution in [0, 0.1) is 0 Å². The highest BCUT2D eigenvalue weighted by Gasteiger charge is 2.28. The molecule has 2 N–H and O–H groups in total. The highest BCUT2D eigenvalue weighted by Crippen LogP contribution is 2.12. The predicted octanol–water partition coefficient (Wildman–Crippen LogP) is 1.02. The van der Waals surface area contributed by atoms with Gasteiger partial charge in [-0.15, -0.1) is 0 Å². The van der Waals surface area contributed by atoms with Crippen molar-refractivity contribution in [2.75, 3.05) is 19.1 Å². The number of ether oxygens (including phenoxy) is 1. The molecule has 0 aromatic rings. The van der Waals surface area contributed by atoms with E-state index in [9.17, 15) is 4.79 Å². The maximum Gasteiger partial charge on any atom is 0.325 e. The number of hydrogen-bond donors (Lipinski definition) is 1. The van der Waals surface area contributed by atoms with Crippen molar-refractivity contribution >= 4 is 17.7 Å². The Morgan fingerprint density at radius 1 is 1.67 bits per heavy atom. The van der Waals surface area contributed by atoms with Crippen LogP contribution >= 0.6 is 11.8 Å². The van der Waals surface area contributed by atoms with Gasteiger partial charge in [0.05, 0.1) is 7.11 Å². The third-order valence-electron chi connectivity index (χ3n) is 1.70. The zero-order valence-electron chi connectivity index (χ0n) is 7.92. The average Bonchev–Trinajstić information content (AvgIpc) is 2.03. The summed E-state index contributed by atoms with van der Waals surface area (Å²) in [5, 5.41) is 0. The molecular formula is C8H17NO2S. The molecule has 3 nitrogen and oxygen atoms in total. The first-order chi connectivity index (χ1) is 5.54. The van der Waals surface area contributed by atoms with Crippen molar-refractivity contribution in [1.29, 1.82) is 0 Å². The van der Waals surface area contributed by atoms with Crippen LogP contribution in [0.1, 0.15) is 19.8 Å². The van der Waals surface area contributed by atoms with Gasteiger partial charge in [0.1, 0.15) is 5.54 Å². The Labute approximate surface area is 78.0 Å². The van der Waals surface area contributed by atoms with Crippen LogP contribution in [0.5, 0.6) is 0 Å². The Balaban J connectivity index is 3.78. The van der Waals surface area contributed by atoms with E-state index >= 15 is 0 Å². The van der Waals surface area contributed by atoms with Crippen molar-refractivity contribution in [2.45, 2.75) is 25.3 Å². The van der Waals surface area contributed by atoms with Crippen LogP contribution in [-0.2, 0) is 9.53 Å². The molecule has 0 aliphatic heterocycles. The Bertz CT molecular complexity index is 148. The van der Waals surface area contributed by atoms with E-state index in [1.54, 1.807) is 18.7 Å². The second kappa shape index (κ2) is 5.43. The number of esters is 1. The van der Waals surface area contributed by atoms with Crippen molar-refractivity contribution in [3.8, 4) is 0 Å². The quantitative estimate of drug-likeness (QED) is 0.520. The smallest absolute Gasteiger partial charge is 0.325 e. The normalized spacial score (nSPS) is 15.3. The fraction of sp³-hybridized carbons (Fsp3) is 0.875. The van der Waals surface area contributed by atoms with Gasteiger partial charge in [0.2, 0.25) is 0 Å². The van der Waals surface area contributed by atoms with Crippen LogP contribution in [0.3, 0.4) is 0 Å². The fourth-order valence-electron chi connectivity index (χ4n) is 0.919. The lowest BCUT2D eigenvalue weighted by Crippen LogP contribution is -2.45. The van der Waals surface area contributed by atoms with Crippen LogP contribution in [0.25, 0.3) is 0 Å². The van der Waals surface area contributed by atoms with Gasteiger partial charge in [-0.3, -0.25) is 4.79 Å². The molecule has 0 fully saturated rings. The van der Waals surface area contributed by atoms with Gasteiger partial charge in [-0.2, -0.15) is 11.8 Å². The van der Waals surface area contributed by atoms with E-state index in [4.69, 9.17) is 5.73 Å². The molecule has 1 unspecified atom stereocenters. The zero-order valence-corrected chi connectivity index (χ0v) is 8.74. The van der Waals surface area contributed by atoms with E-state index < -0.39 is 5.54 Å². The number of rotatable bonds is 5. The molecule has 1 atom stereocenters. The number of carbonyl (C=O) groups excluding carboxylic acids is 1. The molecule has 0 spiro atoms. The summed E-state index contributed by atoms with van der Waals surface area (Å²) in [6, 6.07) is 0. The molecule has 0 bridgehead atoms. The maximum atomic E-state index is 11.1. The third kappa shape index (κ3) is 3.97. The molecule has 12 heavy (non-hydrogen) atoms. The predicted molar refractivity (Wildman–Crippen MR) is 52.2 cm³/mol. The van der Waals surface area contributed by atoms with E-state index in [1.165, 1.54) is 7.11 Å². The van der Waals surface area contributed by atoms with Gasteiger partial charge < -0.3 is 10.5 Å². The largest absolute Gasteiger partial charge is 0.468 e. The average molecular weight is 191 g/mol. The third-order valence-corrected chi connectivity index (χ3v) is 2.39. The topological polar surface area (TPSA) is 52.3 Å². The Hall–Kier alpha value is -0.220. The van der Waals surface area contributed by atoms with Crippen molar-refractivity contribution in [3.63, 3.8) is 0 Å². The second-order valence-electron chi connectivity index (χ2n) is 3.01. The molecule has 0 radical (unpaired) electrons. The summed E-state index contributed by atoms with van der Waals surface area (Å²) < 4.78 is 4.57. The molecule has 0 heterocycles. The molecule has 0 aliphatic carbocycles. The summed E-state index contributed by atoms with van der Waals surface area (Å²) in [6.45, 7) is 1.71. The standard InChI is InChI=1S/C8H17NO2S/c1-8(9,7(10)11-2)5-4-6-12-3/h4-6,9H2,1-3H3. The molecule has 0 aliphatic rings. The highest BCUT2D eigenvalue weighted by molar-refractivity contribution is 7.98. The number of nitrogens with two attached hydrogens (primary N) is 1. The zero-order chi connectivity index (χ0) is 9.61. The van der Waals surface area contributed by atoms with Crippen LogP contribution in [0.2, 0.25) is 0 Å². The number of thioether (sulfide) groups is 1. The summed E-state index contributed by atoms with van der Waals surface area (Å²) in [5.74, 6) is 0.702. The maximum absolute atomic E-state index is 11.1. The van der Waals surface area contributed by atoms with Gasteiger partial charge >= 0.3 is 5.97 Å². The van der Waals surface area contributed by atoms with Crippen molar-refractivity contribution in [3.05, 3.63) is 0 Å². The fourth-order valence-corrected chi connectivity index (χ4v) is 1.35. The Kier molecular flexibility index (Phi) is 5.33. The van der Waals surface area contributed by atoms with Gasteiger partial charge in [0.25, 0.3) is 0 Å². The van der Waals surface area contributed by atoms with Crippen molar-refractivity contribution in [1.82, 2.24) is 0 Å². The summed E-state index contributed by atoms with van der Waals surface area (Å²) in [7, 11) is 1.36. The molecule has 72 valence electrons. The van der Waals surface area contributed by atoms with Crippen LogP contribution < -0.4 is 5.73 Å². The minimum absolute atomic E-state index is 0.330. The van der Waals surface area contributed by atoms with Gasteiger partial charge in [0, 0.05) is 0 Å². The number of methoxy groups -OCH3 is 1. The molecule has 0 aromatic carbocycles. The monoisotopic (exact) mass is 191 g/mol. The number of hydrogen-bond acceptors (Lipinski definition) is 4. The lowest BCUT2D eigenvalue weighted by molar-refractivity contribution is -0.146. The second-order valence-corrected chi connectivity index (χ2v) is 3.99. The Morgan fingerprint density at radius 2 is 2.25 bits per heavy atom. The molecule has 0 amide bonds. The Morgan fingerprint density at radius 3 is 2.67 bits per heavy atom. The molecule has 0 saturated heterocycles. The molecular weight excluding hydrogens is 174 g/mol. The van der Waals surface area contributed by atoms with Crippen molar-refractivity contribution < 1.29 is 9.53 Å². The first kappa shape index (κ1) is 11.8. The van der Waals surface area contributed by atoms with E-state index in [0.29, 0.717) is 6.42 Å². The van der Waals surface area contributed by atoms with Gasteiger partial charge in [-0.25, -0.2) is 0 Å². The van der Waals surface area contributed by atoms with E-state index in [2.05, 4.69) is 4.74 Å². The minimum atomic E-state index is -0.815. The lowest BCUT2D eigenvalue weighted by atomic mass is 9.98. The first-order valence-electron chi connectivity index (χ1n) is 3.91. The van der Waals surface area contributed by atoms with E-state index in [-0.39, 0.29) is 5.97 Å². The van der Waals surface area contributed by atoms with Gasteiger partial charge in [0.15, 0.2) is 0 Å². The highest BCUT2D eigenvalue weighted by atomic mass is 32.2. The summed E-state index contributed by atoms with van der Waals surface area (Å²) >= 11 is 1.75. The lowest BCUT2D eigenvalue weighted by Gasteiger charge is -2.20. The molecule has 4 heteroatoms. The van der Waals surface area contributed by atoms with Gasteiger partial charge in [-0.05, 0) is 31.8 Å². The van der Waals surface area contributed by atoms with E-state index in [0.717, 1.165) is 12.2 Å². The number of carbonyl (C=O) groups is 1. The van der Waals surface area contributed by atoms with Crippen LogP contribution in [-0.4, -0.2) is 30.6 Å². The molecule has 0 saturated carbocycles. The van der Waals surface area contributed by atoms with Gasteiger partial charge in [-0.1, -0.05) is 0 Å². The van der Waals surface area contributed by atoms with Crippen molar-refractivity contribution in [2.24, 2.45) is 5.73 Å². The summed E-state index contributed by atoms with van der Waals surface area (Å²) in [4.78, 5) is 11.1. The van der Waals surface area contributed by atoms with Crippen LogP contribution in [0.15, 0.2) is 0 Å².